The van der Waals surface area contributed by atoms with Crippen LogP contribution in [0.25, 0.3) is 0 Å². The predicted molar refractivity (Wildman–Crippen MR) is 75.5 cm³/mol. The van der Waals surface area contributed by atoms with Crippen molar-refractivity contribution in [2.24, 2.45) is 0 Å². The van der Waals surface area contributed by atoms with Crippen molar-refractivity contribution in [1.82, 2.24) is 4.98 Å². The van der Waals surface area contributed by atoms with Crippen molar-refractivity contribution in [3.63, 3.8) is 0 Å². The van der Waals surface area contributed by atoms with Gasteiger partial charge in [-0.2, -0.15) is 0 Å². The minimum Gasteiger partial charge on any atom is -0.321 e. The number of thiazole rings is 1. The normalized spacial score (nSPS) is 10.4. The third-order valence-corrected chi connectivity index (χ3v) is 3.66. The molecule has 0 bridgehead atoms. The summed E-state index contributed by atoms with van der Waals surface area (Å²) in [6.07, 6.45) is 0. The average molecular weight is 260 g/mol. The number of aromatic nitrogens is 1. The van der Waals surface area contributed by atoms with Gasteiger partial charge in [0.2, 0.25) is 0 Å². The summed E-state index contributed by atoms with van der Waals surface area (Å²) in [6.45, 7) is 7.81. The van der Waals surface area contributed by atoms with Gasteiger partial charge in [-0.05, 0) is 51.0 Å². The molecule has 18 heavy (non-hydrogen) atoms. The largest absolute Gasteiger partial charge is 0.321 e. The lowest BCUT2D eigenvalue weighted by molar-refractivity contribution is 0.103. The Morgan fingerprint density at radius 1 is 1.11 bits per heavy atom. The first-order valence-electron chi connectivity index (χ1n) is 5.79. The highest BCUT2D eigenvalue weighted by molar-refractivity contribution is 7.13. The zero-order valence-electron chi connectivity index (χ0n) is 11.0. The fraction of sp³-hybridized carbons (Fsp3) is 0.286. The van der Waals surface area contributed by atoms with E-state index >= 15 is 0 Å². The molecular weight excluding hydrogens is 244 g/mol. The molecule has 0 saturated heterocycles. The van der Waals surface area contributed by atoms with E-state index in [9.17, 15) is 4.79 Å². The zero-order valence-corrected chi connectivity index (χ0v) is 11.8. The Labute approximate surface area is 111 Å². The number of hydrogen-bond acceptors (Lipinski definition) is 3. The van der Waals surface area contributed by atoms with E-state index in [0.29, 0.717) is 4.88 Å². The Hall–Kier alpha value is -1.68. The first kappa shape index (κ1) is 12.8. The minimum atomic E-state index is -0.0805. The van der Waals surface area contributed by atoms with E-state index in [2.05, 4.69) is 16.4 Å². The van der Waals surface area contributed by atoms with E-state index in [4.69, 9.17) is 0 Å². The standard InChI is InChI=1S/C14H16N2OS/c1-8-5-9(2)7-12(6-8)16-14(17)13-10(3)15-11(4)18-13/h5-7H,1-4H3,(H,16,17). The van der Waals surface area contributed by atoms with Gasteiger partial charge in [0.25, 0.3) is 5.91 Å². The molecule has 1 N–H and O–H groups in total. The molecule has 0 unspecified atom stereocenters. The summed E-state index contributed by atoms with van der Waals surface area (Å²) >= 11 is 1.43. The summed E-state index contributed by atoms with van der Waals surface area (Å²) in [7, 11) is 0. The van der Waals surface area contributed by atoms with Gasteiger partial charge < -0.3 is 5.32 Å². The summed E-state index contributed by atoms with van der Waals surface area (Å²) in [4.78, 5) is 17.1. The van der Waals surface area contributed by atoms with Gasteiger partial charge >= 0.3 is 0 Å². The third-order valence-electron chi connectivity index (χ3n) is 2.59. The summed E-state index contributed by atoms with van der Waals surface area (Å²) in [5.74, 6) is -0.0805. The predicted octanol–water partition coefficient (Wildman–Crippen LogP) is 3.63. The molecule has 0 saturated carbocycles. The van der Waals surface area contributed by atoms with Crippen LogP contribution in [0.2, 0.25) is 0 Å². The smallest absolute Gasteiger partial charge is 0.267 e. The van der Waals surface area contributed by atoms with Crippen molar-refractivity contribution in [3.05, 3.63) is 44.9 Å². The second-order valence-corrected chi connectivity index (χ2v) is 5.68. The van der Waals surface area contributed by atoms with Crippen molar-refractivity contribution in [1.29, 1.82) is 0 Å². The number of carbonyl (C=O) groups is 1. The van der Waals surface area contributed by atoms with Crippen LogP contribution in [0.3, 0.4) is 0 Å². The highest BCUT2D eigenvalue weighted by Crippen LogP contribution is 2.20. The van der Waals surface area contributed by atoms with Gasteiger partial charge in [-0.3, -0.25) is 4.79 Å². The second-order valence-electron chi connectivity index (χ2n) is 4.48. The monoisotopic (exact) mass is 260 g/mol. The Bertz CT molecular complexity index is 582. The molecule has 0 aliphatic rings. The maximum absolute atomic E-state index is 12.1. The van der Waals surface area contributed by atoms with Crippen LogP contribution in [-0.4, -0.2) is 10.9 Å². The van der Waals surface area contributed by atoms with E-state index < -0.39 is 0 Å². The summed E-state index contributed by atoms with van der Waals surface area (Å²) in [6, 6.07) is 6.01. The van der Waals surface area contributed by atoms with Crippen LogP contribution in [-0.2, 0) is 0 Å². The first-order valence-corrected chi connectivity index (χ1v) is 6.61. The molecule has 0 spiro atoms. The van der Waals surface area contributed by atoms with Crippen LogP contribution in [0.1, 0.15) is 31.5 Å². The Balaban J connectivity index is 2.23. The quantitative estimate of drug-likeness (QED) is 0.896. The molecular formula is C14H16N2OS. The van der Waals surface area contributed by atoms with Crippen LogP contribution < -0.4 is 5.32 Å². The molecule has 0 atom stereocenters. The maximum Gasteiger partial charge on any atom is 0.267 e. The fourth-order valence-electron chi connectivity index (χ4n) is 1.98. The number of benzene rings is 1. The molecule has 1 heterocycles. The molecule has 0 aliphatic heterocycles. The summed E-state index contributed by atoms with van der Waals surface area (Å²) < 4.78 is 0. The van der Waals surface area contributed by atoms with Gasteiger partial charge in [0.15, 0.2) is 0 Å². The number of hydrogen-bond donors (Lipinski definition) is 1. The van der Waals surface area contributed by atoms with Gasteiger partial charge in [-0.15, -0.1) is 11.3 Å². The van der Waals surface area contributed by atoms with Crippen molar-refractivity contribution < 1.29 is 4.79 Å². The van der Waals surface area contributed by atoms with Gasteiger partial charge in [0, 0.05) is 5.69 Å². The molecule has 1 aromatic carbocycles. The van der Waals surface area contributed by atoms with Crippen LogP contribution >= 0.6 is 11.3 Å². The fourth-order valence-corrected chi connectivity index (χ4v) is 2.79. The van der Waals surface area contributed by atoms with Crippen LogP contribution in [0.15, 0.2) is 18.2 Å². The van der Waals surface area contributed by atoms with E-state index in [1.165, 1.54) is 11.3 Å². The van der Waals surface area contributed by atoms with Crippen molar-refractivity contribution >= 4 is 22.9 Å². The average Bonchev–Trinajstić information content (AvgIpc) is 2.56. The first-order chi connectivity index (χ1) is 8.45. The number of nitrogens with zero attached hydrogens (tertiary/aromatic N) is 1. The SMILES string of the molecule is Cc1cc(C)cc(NC(=O)c2sc(C)nc2C)c1. The maximum atomic E-state index is 12.1. The molecule has 0 fully saturated rings. The van der Waals surface area contributed by atoms with E-state index in [0.717, 1.165) is 27.5 Å². The molecule has 2 aromatic rings. The second kappa shape index (κ2) is 4.90. The number of aryl methyl sites for hydroxylation is 4. The lowest BCUT2D eigenvalue weighted by atomic mass is 10.1. The zero-order chi connectivity index (χ0) is 13.3. The summed E-state index contributed by atoms with van der Waals surface area (Å²) in [5, 5.41) is 3.84. The van der Waals surface area contributed by atoms with Crippen molar-refractivity contribution in [3.8, 4) is 0 Å². The molecule has 0 aliphatic carbocycles. The number of amides is 1. The lowest BCUT2D eigenvalue weighted by Crippen LogP contribution is -2.11. The van der Waals surface area contributed by atoms with Crippen molar-refractivity contribution in [2.45, 2.75) is 27.7 Å². The number of carbonyl (C=O) groups excluding carboxylic acids is 1. The summed E-state index contributed by atoms with van der Waals surface area (Å²) in [5.41, 5.74) is 3.91. The van der Waals surface area contributed by atoms with E-state index in [-0.39, 0.29) is 5.91 Å². The Morgan fingerprint density at radius 3 is 2.22 bits per heavy atom. The number of rotatable bonds is 2. The van der Waals surface area contributed by atoms with Gasteiger partial charge in [0.1, 0.15) is 4.88 Å². The van der Waals surface area contributed by atoms with Gasteiger partial charge in [-0.25, -0.2) is 4.98 Å². The molecule has 0 radical (unpaired) electrons. The van der Waals surface area contributed by atoms with Gasteiger partial charge in [0.05, 0.1) is 10.7 Å². The minimum absolute atomic E-state index is 0.0805. The lowest BCUT2D eigenvalue weighted by Gasteiger charge is -2.06. The molecule has 94 valence electrons. The molecule has 4 heteroatoms. The van der Waals surface area contributed by atoms with Crippen LogP contribution in [0.4, 0.5) is 5.69 Å². The third kappa shape index (κ3) is 2.76. The Kier molecular flexibility index (Phi) is 3.48. The van der Waals surface area contributed by atoms with Gasteiger partial charge in [-0.1, -0.05) is 6.07 Å². The van der Waals surface area contributed by atoms with E-state index in [1.807, 2.05) is 39.8 Å². The molecule has 2 rings (SSSR count). The molecule has 3 nitrogen and oxygen atoms in total. The highest BCUT2D eigenvalue weighted by Gasteiger charge is 2.13. The Morgan fingerprint density at radius 2 is 1.72 bits per heavy atom. The topological polar surface area (TPSA) is 42.0 Å². The van der Waals surface area contributed by atoms with E-state index in [1.54, 1.807) is 0 Å². The molecule has 1 aromatic heterocycles. The number of anilines is 1. The molecule has 1 amide bonds. The number of nitrogens with one attached hydrogen (secondary N) is 1. The van der Waals surface area contributed by atoms with Crippen LogP contribution in [0.5, 0.6) is 0 Å². The van der Waals surface area contributed by atoms with Crippen molar-refractivity contribution in [2.75, 3.05) is 5.32 Å². The van der Waals surface area contributed by atoms with Crippen LogP contribution in [0, 0.1) is 27.7 Å². The highest BCUT2D eigenvalue weighted by atomic mass is 32.1.